The highest BCUT2D eigenvalue weighted by Crippen LogP contribution is 2.25. The molecule has 1 N–H and O–H groups in total. The van der Waals surface area contributed by atoms with Crippen molar-refractivity contribution in [3.05, 3.63) is 39.4 Å². The van der Waals surface area contributed by atoms with E-state index in [9.17, 15) is 0 Å². The second-order valence-electron chi connectivity index (χ2n) is 3.54. The Hall–Kier alpha value is -1.13. The number of halogens is 1. The monoisotopic (exact) mass is 253 g/mol. The van der Waals surface area contributed by atoms with Crippen LogP contribution in [0.15, 0.2) is 24.5 Å². The Labute approximate surface area is 104 Å². The SMILES string of the molecule is Cc1ccc(C(C)Nc2cc(Cl)ncn2)s1. The van der Waals surface area contributed by atoms with Gasteiger partial charge in [0.2, 0.25) is 0 Å². The Morgan fingerprint density at radius 2 is 2.19 bits per heavy atom. The van der Waals surface area contributed by atoms with Gasteiger partial charge in [0.25, 0.3) is 0 Å². The van der Waals surface area contributed by atoms with Crippen LogP contribution < -0.4 is 5.32 Å². The Balaban J connectivity index is 2.10. The van der Waals surface area contributed by atoms with Crippen molar-refractivity contribution in [1.82, 2.24) is 9.97 Å². The molecule has 0 spiro atoms. The van der Waals surface area contributed by atoms with Crippen molar-refractivity contribution in [2.75, 3.05) is 5.32 Å². The summed E-state index contributed by atoms with van der Waals surface area (Å²) in [4.78, 5) is 10.5. The minimum Gasteiger partial charge on any atom is -0.363 e. The quantitative estimate of drug-likeness (QED) is 0.848. The molecule has 0 aromatic carbocycles. The maximum Gasteiger partial charge on any atom is 0.134 e. The molecule has 2 aromatic rings. The first kappa shape index (κ1) is 11.4. The van der Waals surface area contributed by atoms with Crippen molar-refractivity contribution in [2.24, 2.45) is 0 Å². The highest BCUT2D eigenvalue weighted by atomic mass is 35.5. The van der Waals surface area contributed by atoms with Crippen LogP contribution in [0.1, 0.15) is 22.7 Å². The molecule has 0 aliphatic heterocycles. The normalized spacial score (nSPS) is 12.4. The van der Waals surface area contributed by atoms with E-state index in [1.807, 2.05) is 0 Å². The molecule has 0 saturated carbocycles. The van der Waals surface area contributed by atoms with Gasteiger partial charge in [0.05, 0.1) is 6.04 Å². The molecule has 0 amide bonds. The maximum absolute atomic E-state index is 5.79. The fraction of sp³-hybridized carbons (Fsp3) is 0.273. The standard InChI is InChI=1S/C11H12ClN3S/c1-7-3-4-9(16-7)8(2)15-11-5-10(12)13-6-14-11/h3-6,8H,1-2H3,(H,13,14,15). The number of hydrogen-bond donors (Lipinski definition) is 1. The number of rotatable bonds is 3. The van der Waals surface area contributed by atoms with Crippen LogP contribution in [-0.2, 0) is 0 Å². The summed E-state index contributed by atoms with van der Waals surface area (Å²) in [5.74, 6) is 0.749. The van der Waals surface area contributed by atoms with Gasteiger partial charge in [-0.3, -0.25) is 0 Å². The van der Waals surface area contributed by atoms with Gasteiger partial charge in [-0.05, 0) is 26.0 Å². The van der Waals surface area contributed by atoms with Crippen LogP contribution in [0.2, 0.25) is 5.15 Å². The molecule has 84 valence electrons. The van der Waals surface area contributed by atoms with Crippen molar-refractivity contribution in [3.63, 3.8) is 0 Å². The molecule has 0 aliphatic carbocycles. The van der Waals surface area contributed by atoms with Gasteiger partial charge >= 0.3 is 0 Å². The second kappa shape index (κ2) is 4.80. The fourth-order valence-electron chi connectivity index (χ4n) is 1.39. The smallest absolute Gasteiger partial charge is 0.134 e. The number of aromatic nitrogens is 2. The Kier molecular flexibility index (Phi) is 3.41. The molecule has 2 heterocycles. The zero-order valence-electron chi connectivity index (χ0n) is 9.07. The largest absolute Gasteiger partial charge is 0.363 e. The summed E-state index contributed by atoms with van der Waals surface area (Å²) in [7, 11) is 0. The third-order valence-electron chi connectivity index (χ3n) is 2.19. The van der Waals surface area contributed by atoms with E-state index in [1.165, 1.54) is 16.1 Å². The van der Waals surface area contributed by atoms with Gasteiger partial charge in [0.1, 0.15) is 17.3 Å². The third kappa shape index (κ3) is 2.71. The van der Waals surface area contributed by atoms with Gasteiger partial charge in [-0.15, -0.1) is 11.3 Å². The highest BCUT2D eigenvalue weighted by molar-refractivity contribution is 7.12. The minimum atomic E-state index is 0.227. The number of nitrogens with zero attached hydrogens (tertiary/aromatic N) is 2. The van der Waals surface area contributed by atoms with Crippen LogP contribution in [0.5, 0.6) is 0 Å². The van der Waals surface area contributed by atoms with Gasteiger partial charge in [0.15, 0.2) is 0 Å². The maximum atomic E-state index is 5.79. The van der Waals surface area contributed by atoms with E-state index in [1.54, 1.807) is 17.4 Å². The molecule has 0 bridgehead atoms. The third-order valence-corrected chi connectivity index (χ3v) is 3.58. The van der Waals surface area contributed by atoms with Gasteiger partial charge in [-0.1, -0.05) is 11.6 Å². The van der Waals surface area contributed by atoms with E-state index >= 15 is 0 Å². The Morgan fingerprint density at radius 3 is 2.81 bits per heavy atom. The molecular formula is C11H12ClN3S. The van der Waals surface area contributed by atoms with E-state index in [4.69, 9.17) is 11.6 Å². The van der Waals surface area contributed by atoms with Crippen LogP contribution in [0.25, 0.3) is 0 Å². The number of aryl methyl sites for hydroxylation is 1. The number of nitrogens with one attached hydrogen (secondary N) is 1. The van der Waals surface area contributed by atoms with Gasteiger partial charge in [0, 0.05) is 15.8 Å². The molecule has 3 nitrogen and oxygen atoms in total. The predicted molar refractivity (Wildman–Crippen MR) is 68.1 cm³/mol. The molecule has 0 fully saturated rings. The van der Waals surface area contributed by atoms with Crippen LogP contribution in [0.3, 0.4) is 0 Å². The first-order valence-corrected chi connectivity index (χ1v) is 6.15. The summed E-state index contributed by atoms with van der Waals surface area (Å²) in [6, 6.07) is 6.19. The Bertz CT molecular complexity index is 484. The summed E-state index contributed by atoms with van der Waals surface area (Å²) in [5.41, 5.74) is 0. The first-order valence-electron chi connectivity index (χ1n) is 4.95. The molecule has 1 atom stereocenters. The van der Waals surface area contributed by atoms with Crippen LogP contribution in [0.4, 0.5) is 5.82 Å². The lowest BCUT2D eigenvalue weighted by molar-refractivity contribution is 0.893. The van der Waals surface area contributed by atoms with Crippen LogP contribution >= 0.6 is 22.9 Å². The molecule has 1 unspecified atom stereocenters. The van der Waals surface area contributed by atoms with Crippen molar-refractivity contribution in [2.45, 2.75) is 19.9 Å². The fourth-order valence-corrected chi connectivity index (χ4v) is 2.42. The van der Waals surface area contributed by atoms with Crippen molar-refractivity contribution in [3.8, 4) is 0 Å². The lowest BCUT2D eigenvalue weighted by Gasteiger charge is -2.12. The van der Waals surface area contributed by atoms with Crippen molar-refractivity contribution < 1.29 is 0 Å². The molecule has 2 rings (SSSR count). The molecule has 16 heavy (non-hydrogen) atoms. The molecular weight excluding hydrogens is 242 g/mol. The molecule has 0 radical (unpaired) electrons. The number of thiophene rings is 1. The summed E-state index contributed by atoms with van der Waals surface area (Å²) in [5, 5.41) is 3.74. The zero-order chi connectivity index (χ0) is 11.5. The molecule has 0 saturated heterocycles. The topological polar surface area (TPSA) is 37.8 Å². The van der Waals surface area contributed by atoms with Crippen LogP contribution in [0, 0.1) is 6.92 Å². The predicted octanol–water partition coefficient (Wildman–Crippen LogP) is 3.67. The first-order chi connectivity index (χ1) is 7.65. The summed E-state index contributed by atoms with van der Waals surface area (Å²) < 4.78 is 0. The van der Waals surface area contributed by atoms with E-state index < -0.39 is 0 Å². The highest BCUT2D eigenvalue weighted by Gasteiger charge is 2.08. The minimum absolute atomic E-state index is 0.227. The van der Waals surface area contributed by atoms with E-state index in [-0.39, 0.29) is 6.04 Å². The summed E-state index contributed by atoms with van der Waals surface area (Å²) in [6.07, 6.45) is 1.46. The number of hydrogen-bond acceptors (Lipinski definition) is 4. The van der Waals surface area contributed by atoms with Crippen molar-refractivity contribution in [1.29, 1.82) is 0 Å². The van der Waals surface area contributed by atoms with Gasteiger partial charge < -0.3 is 5.32 Å². The zero-order valence-corrected chi connectivity index (χ0v) is 10.6. The van der Waals surface area contributed by atoms with Gasteiger partial charge in [-0.25, -0.2) is 9.97 Å². The lowest BCUT2D eigenvalue weighted by atomic mass is 10.3. The summed E-state index contributed by atoms with van der Waals surface area (Å²) in [6.45, 7) is 4.20. The van der Waals surface area contributed by atoms with E-state index in [2.05, 4.69) is 41.3 Å². The molecule has 2 aromatic heterocycles. The molecule has 0 aliphatic rings. The van der Waals surface area contributed by atoms with Crippen LogP contribution in [-0.4, -0.2) is 9.97 Å². The van der Waals surface area contributed by atoms with E-state index in [0.29, 0.717) is 5.15 Å². The average Bonchev–Trinajstić information content (AvgIpc) is 2.65. The summed E-state index contributed by atoms with van der Waals surface area (Å²) >= 11 is 7.57. The van der Waals surface area contributed by atoms with Crippen molar-refractivity contribution >= 4 is 28.8 Å². The average molecular weight is 254 g/mol. The molecule has 5 heteroatoms. The second-order valence-corrected chi connectivity index (χ2v) is 5.25. The van der Waals surface area contributed by atoms with E-state index in [0.717, 1.165) is 5.82 Å². The van der Waals surface area contributed by atoms with Gasteiger partial charge in [-0.2, -0.15) is 0 Å². The lowest BCUT2D eigenvalue weighted by Crippen LogP contribution is -2.06. The Morgan fingerprint density at radius 1 is 1.38 bits per heavy atom. The number of anilines is 1.